The molecule has 0 bridgehead atoms. The van der Waals surface area contributed by atoms with Crippen molar-refractivity contribution in [2.75, 3.05) is 45.0 Å². The lowest BCUT2D eigenvalue weighted by molar-refractivity contribution is 0.0634. The maximum atomic E-state index is 12.9. The Bertz CT molecular complexity index is 756. The Hall–Kier alpha value is -1.83. The molecule has 3 rings (SSSR count). The lowest BCUT2D eigenvalue weighted by Crippen LogP contribution is -2.50. The second kappa shape index (κ2) is 9.92. The number of hydrogen-bond donors (Lipinski definition) is 1. The van der Waals surface area contributed by atoms with Gasteiger partial charge in [0.25, 0.3) is 11.8 Å². The maximum absolute atomic E-state index is 12.9. The summed E-state index contributed by atoms with van der Waals surface area (Å²) in [5.74, 6) is 1.06. The molecule has 2 amide bonds. The van der Waals surface area contributed by atoms with Gasteiger partial charge in [-0.05, 0) is 29.3 Å². The summed E-state index contributed by atoms with van der Waals surface area (Å²) in [7, 11) is 0. The average molecular weight is 404 g/mol. The van der Waals surface area contributed by atoms with Crippen LogP contribution in [-0.4, -0.2) is 66.6 Å². The third kappa shape index (κ3) is 5.34. The number of nitrogens with zero attached hydrogens (tertiary/aromatic N) is 2. The number of thiophene rings is 1. The number of nitrogens with one attached hydrogen (secondary N) is 1. The highest BCUT2D eigenvalue weighted by Gasteiger charge is 2.23. The zero-order valence-electron chi connectivity index (χ0n) is 15.5. The fraction of sp³-hybridized carbons (Fsp3) is 0.400. The Morgan fingerprint density at radius 2 is 1.93 bits per heavy atom. The summed E-state index contributed by atoms with van der Waals surface area (Å²) in [6.45, 7) is 6.65. The van der Waals surface area contributed by atoms with E-state index in [1.54, 1.807) is 11.8 Å². The first-order valence-corrected chi connectivity index (χ1v) is 11.2. The molecule has 0 radical (unpaired) electrons. The van der Waals surface area contributed by atoms with Gasteiger partial charge in [-0.3, -0.25) is 14.5 Å². The zero-order chi connectivity index (χ0) is 19.1. The van der Waals surface area contributed by atoms with Crippen LogP contribution < -0.4 is 5.32 Å². The summed E-state index contributed by atoms with van der Waals surface area (Å²) in [4.78, 5) is 30.1. The van der Waals surface area contributed by atoms with Crippen LogP contribution in [0, 0.1) is 0 Å². The van der Waals surface area contributed by atoms with Crippen LogP contribution >= 0.6 is 23.1 Å². The van der Waals surface area contributed by atoms with Crippen LogP contribution in [0.1, 0.15) is 27.6 Å². The highest BCUT2D eigenvalue weighted by atomic mass is 32.2. The molecular weight excluding hydrogens is 378 g/mol. The number of carbonyl (C=O) groups excluding carboxylic acids is 2. The van der Waals surface area contributed by atoms with Gasteiger partial charge in [-0.15, -0.1) is 11.8 Å². The van der Waals surface area contributed by atoms with Crippen molar-refractivity contribution in [1.82, 2.24) is 15.1 Å². The largest absolute Gasteiger partial charge is 0.351 e. The molecular formula is C20H25N3O2S2. The first-order chi connectivity index (χ1) is 13.2. The Morgan fingerprint density at radius 3 is 2.63 bits per heavy atom. The van der Waals surface area contributed by atoms with E-state index in [4.69, 9.17) is 0 Å². The number of piperazine rings is 1. The van der Waals surface area contributed by atoms with Crippen molar-refractivity contribution >= 4 is 34.9 Å². The molecule has 1 N–H and O–H groups in total. The van der Waals surface area contributed by atoms with Crippen molar-refractivity contribution in [1.29, 1.82) is 0 Å². The quantitative estimate of drug-likeness (QED) is 0.722. The summed E-state index contributed by atoms with van der Waals surface area (Å²) in [5.41, 5.74) is 1.53. The van der Waals surface area contributed by atoms with E-state index in [-0.39, 0.29) is 11.8 Å². The van der Waals surface area contributed by atoms with Gasteiger partial charge in [0.2, 0.25) is 0 Å². The fourth-order valence-electron chi connectivity index (χ4n) is 3.09. The lowest BCUT2D eigenvalue weighted by atomic mass is 10.2. The van der Waals surface area contributed by atoms with Gasteiger partial charge in [0.05, 0.1) is 5.56 Å². The van der Waals surface area contributed by atoms with Crippen LogP contribution in [0.4, 0.5) is 0 Å². The van der Waals surface area contributed by atoms with Gasteiger partial charge in [0, 0.05) is 55.1 Å². The van der Waals surface area contributed by atoms with E-state index in [0.29, 0.717) is 6.54 Å². The summed E-state index contributed by atoms with van der Waals surface area (Å²) in [5, 5.41) is 6.72. The molecule has 2 aromatic rings. The third-order valence-corrected chi connectivity index (χ3v) is 6.21. The van der Waals surface area contributed by atoms with Crippen molar-refractivity contribution in [2.45, 2.75) is 11.8 Å². The Balaban J connectivity index is 1.45. The predicted octanol–water partition coefficient (Wildman–Crippen LogP) is 3.05. The maximum Gasteiger partial charge on any atom is 0.255 e. The molecule has 0 saturated carbocycles. The number of hydrogen-bond acceptors (Lipinski definition) is 5. The molecule has 1 saturated heterocycles. The first-order valence-electron chi connectivity index (χ1n) is 9.23. The summed E-state index contributed by atoms with van der Waals surface area (Å²) < 4.78 is 0. The molecule has 0 spiro atoms. The SMILES string of the molecule is CCSc1ccccc1C(=O)N1CCN(CCNC(=O)c2ccsc2)CC1. The molecule has 1 aliphatic heterocycles. The monoisotopic (exact) mass is 403 g/mol. The smallest absolute Gasteiger partial charge is 0.255 e. The van der Waals surface area contributed by atoms with E-state index in [1.165, 1.54) is 11.3 Å². The second-order valence-electron chi connectivity index (χ2n) is 6.33. The van der Waals surface area contributed by atoms with Crippen LogP contribution in [-0.2, 0) is 0 Å². The number of benzene rings is 1. The van der Waals surface area contributed by atoms with Gasteiger partial charge in [0.1, 0.15) is 0 Å². The van der Waals surface area contributed by atoms with Gasteiger partial charge in [0.15, 0.2) is 0 Å². The van der Waals surface area contributed by atoms with E-state index < -0.39 is 0 Å². The van der Waals surface area contributed by atoms with Gasteiger partial charge in [-0.1, -0.05) is 19.1 Å². The first kappa shape index (κ1) is 19.9. The number of amides is 2. The van der Waals surface area contributed by atoms with E-state index >= 15 is 0 Å². The topological polar surface area (TPSA) is 52.7 Å². The standard InChI is InChI=1S/C20H25N3O2S2/c1-2-27-18-6-4-3-5-17(18)20(25)23-12-10-22(11-13-23)9-8-21-19(24)16-7-14-26-15-16/h3-7,14-15H,2,8-13H2,1H3,(H,21,24). The molecule has 1 aromatic heterocycles. The number of carbonyl (C=O) groups is 2. The fourth-order valence-corrected chi connectivity index (χ4v) is 4.53. The minimum atomic E-state index is -0.0184. The summed E-state index contributed by atoms with van der Waals surface area (Å²) >= 11 is 3.23. The van der Waals surface area contributed by atoms with Gasteiger partial charge < -0.3 is 10.2 Å². The van der Waals surface area contributed by atoms with E-state index in [1.807, 2.05) is 46.0 Å². The van der Waals surface area contributed by atoms with Crippen molar-refractivity contribution in [3.05, 3.63) is 52.2 Å². The molecule has 0 aliphatic carbocycles. The molecule has 5 nitrogen and oxygen atoms in total. The highest BCUT2D eigenvalue weighted by Crippen LogP contribution is 2.24. The zero-order valence-corrected chi connectivity index (χ0v) is 17.2. The third-order valence-electron chi connectivity index (χ3n) is 4.57. The van der Waals surface area contributed by atoms with Crippen molar-refractivity contribution in [3.8, 4) is 0 Å². The van der Waals surface area contributed by atoms with E-state index in [9.17, 15) is 9.59 Å². The molecule has 7 heteroatoms. The van der Waals surface area contributed by atoms with E-state index in [0.717, 1.165) is 54.5 Å². The second-order valence-corrected chi connectivity index (χ2v) is 8.42. The molecule has 1 fully saturated rings. The average Bonchev–Trinajstić information content (AvgIpc) is 3.24. The summed E-state index contributed by atoms with van der Waals surface area (Å²) in [6.07, 6.45) is 0. The Morgan fingerprint density at radius 1 is 1.15 bits per heavy atom. The lowest BCUT2D eigenvalue weighted by Gasteiger charge is -2.35. The number of thioether (sulfide) groups is 1. The van der Waals surface area contributed by atoms with E-state index in [2.05, 4.69) is 17.1 Å². The van der Waals surface area contributed by atoms with Crippen LogP contribution in [0.5, 0.6) is 0 Å². The predicted molar refractivity (Wildman–Crippen MR) is 112 cm³/mol. The van der Waals surface area contributed by atoms with Gasteiger partial charge in [-0.25, -0.2) is 0 Å². The Labute approximate surface area is 168 Å². The molecule has 144 valence electrons. The van der Waals surface area contributed by atoms with Crippen LogP contribution in [0.2, 0.25) is 0 Å². The molecule has 0 unspecified atom stereocenters. The van der Waals surface area contributed by atoms with Crippen molar-refractivity contribution in [3.63, 3.8) is 0 Å². The molecule has 1 aromatic carbocycles. The molecule has 1 aliphatic rings. The van der Waals surface area contributed by atoms with Gasteiger partial charge in [-0.2, -0.15) is 11.3 Å². The Kier molecular flexibility index (Phi) is 7.32. The molecule has 27 heavy (non-hydrogen) atoms. The van der Waals surface area contributed by atoms with Crippen molar-refractivity contribution in [2.24, 2.45) is 0 Å². The van der Waals surface area contributed by atoms with Gasteiger partial charge >= 0.3 is 0 Å². The minimum absolute atomic E-state index is 0.0184. The van der Waals surface area contributed by atoms with Crippen LogP contribution in [0.3, 0.4) is 0 Å². The number of rotatable bonds is 7. The molecule has 0 atom stereocenters. The minimum Gasteiger partial charge on any atom is -0.351 e. The normalized spacial score (nSPS) is 14.9. The summed E-state index contributed by atoms with van der Waals surface area (Å²) in [6, 6.07) is 9.69. The molecule has 2 heterocycles. The highest BCUT2D eigenvalue weighted by molar-refractivity contribution is 7.99. The van der Waals surface area contributed by atoms with Crippen LogP contribution in [0.15, 0.2) is 46.0 Å². The van der Waals surface area contributed by atoms with Crippen LogP contribution in [0.25, 0.3) is 0 Å². The van der Waals surface area contributed by atoms with Crippen molar-refractivity contribution < 1.29 is 9.59 Å².